The molecule has 0 aliphatic carbocycles. The van der Waals surface area contributed by atoms with Gasteiger partial charge in [-0.05, 0) is 37.3 Å². The Labute approximate surface area is 118 Å². The quantitative estimate of drug-likeness (QED) is 0.893. The van der Waals surface area contributed by atoms with Crippen molar-refractivity contribution in [3.63, 3.8) is 0 Å². The zero-order valence-corrected chi connectivity index (χ0v) is 12.7. The SMILES string of the molecule is COC(C)(C)CNCC(=O)N1CCc2sccc2C1. The summed E-state index contributed by atoms with van der Waals surface area (Å²) < 4.78 is 5.31. The van der Waals surface area contributed by atoms with Crippen molar-refractivity contribution >= 4 is 17.2 Å². The molecular weight excluding hydrogens is 260 g/mol. The summed E-state index contributed by atoms with van der Waals surface area (Å²) >= 11 is 1.79. The summed E-state index contributed by atoms with van der Waals surface area (Å²) in [4.78, 5) is 15.5. The van der Waals surface area contributed by atoms with Gasteiger partial charge in [0, 0.05) is 31.6 Å². The van der Waals surface area contributed by atoms with Crippen molar-refractivity contribution in [2.24, 2.45) is 0 Å². The van der Waals surface area contributed by atoms with E-state index in [1.54, 1.807) is 18.4 Å². The molecule has 0 saturated heterocycles. The van der Waals surface area contributed by atoms with E-state index >= 15 is 0 Å². The number of methoxy groups -OCH3 is 1. The Bertz CT molecular complexity index is 442. The van der Waals surface area contributed by atoms with Gasteiger partial charge >= 0.3 is 0 Å². The zero-order chi connectivity index (χ0) is 13.9. The van der Waals surface area contributed by atoms with Crippen LogP contribution in [-0.4, -0.2) is 43.2 Å². The number of carbonyl (C=O) groups is 1. The largest absolute Gasteiger partial charge is 0.377 e. The van der Waals surface area contributed by atoms with E-state index in [0.717, 1.165) is 19.5 Å². The minimum Gasteiger partial charge on any atom is -0.377 e. The van der Waals surface area contributed by atoms with Crippen LogP contribution >= 0.6 is 11.3 Å². The first-order chi connectivity index (χ1) is 9.02. The number of amides is 1. The molecule has 1 aliphatic heterocycles. The summed E-state index contributed by atoms with van der Waals surface area (Å²) in [5.41, 5.74) is 1.07. The molecule has 2 rings (SSSR count). The van der Waals surface area contributed by atoms with E-state index in [4.69, 9.17) is 4.74 Å². The first-order valence-corrected chi connectivity index (χ1v) is 7.49. The second-order valence-corrected chi connectivity index (χ2v) is 6.50. The molecule has 1 N–H and O–H groups in total. The zero-order valence-electron chi connectivity index (χ0n) is 11.9. The minimum absolute atomic E-state index is 0.170. The maximum absolute atomic E-state index is 12.1. The molecule has 0 fully saturated rings. The molecule has 106 valence electrons. The summed E-state index contributed by atoms with van der Waals surface area (Å²) in [5.74, 6) is 0.170. The molecule has 2 heterocycles. The molecule has 1 aromatic rings. The van der Waals surface area contributed by atoms with Gasteiger partial charge in [0.15, 0.2) is 0 Å². The smallest absolute Gasteiger partial charge is 0.236 e. The molecule has 0 aromatic carbocycles. The second-order valence-electron chi connectivity index (χ2n) is 5.50. The van der Waals surface area contributed by atoms with E-state index in [2.05, 4.69) is 16.8 Å². The third kappa shape index (κ3) is 3.78. The molecule has 19 heavy (non-hydrogen) atoms. The van der Waals surface area contributed by atoms with Crippen LogP contribution in [0.25, 0.3) is 0 Å². The molecule has 0 bridgehead atoms. The van der Waals surface area contributed by atoms with Crippen LogP contribution < -0.4 is 5.32 Å². The topological polar surface area (TPSA) is 41.6 Å². The van der Waals surface area contributed by atoms with Crippen molar-refractivity contribution in [3.05, 3.63) is 21.9 Å². The summed E-state index contributed by atoms with van der Waals surface area (Å²) in [6, 6.07) is 2.13. The molecule has 0 radical (unpaired) electrons. The Morgan fingerprint density at radius 1 is 1.58 bits per heavy atom. The molecule has 1 aliphatic rings. The lowest BCUT2D eigenvalue weighted by Gasteiger charge is -2.28. The molecule has 4 nitrogen and oxygen atoms in total. The van der Waals surface area contributed by atoms with Crippen molar-refractivity contribution in [1.29, 1.82) is 0 Å². The second kappa shape index (κ2) is 6.03. The van der Waals surface area contributed by atoms with Crippen LogP contribution in [-0.2, 0) is 22.5 Å². The van der Waals surface area contributed by atoms with Crippen LogP contribution in [0.4, 0.5) is 0 Å². The lowest BCUT2D eigenvalue weighted by molar-refractivity contribution is -0.131. The average molecular weight is 282 g/mol. The first kappa shape index (κ1) is 14.5. The third-order valence-corrected chi connectivity index (χ3v) is 4.56. The van der Waals surface area contributed by atoms with Crippen LogP contribution in [0, 0.1) is 0 Å². The van der Waals surface area contributed by atoms with Crippen LogP contribution in [0.2, 0.25) is 0 Å². The van der Waals surface area contributed by atoms with Gasteiger partial charge in [-0.15, -0.1) is 11.3 Å². The van der Waals surface area contributed by atoms with Gasteiger partial charge < -0.3 is 15.0 Å². The highest BCUT2D eigenvalue weighted by Crippen LogP contribution is 2.23. The van der Waals surface area contributed by atoms with E-state index in [0.29, 0.717) is 13.1 Å². The number of carbonyl (C=O) groups excluding carboxylic acids is 1. The van der Waals surface area contributed by atoms with E-state index in [1.807, 2.05) is 18.7 Å². The molecule has 0 saturated carbocycles. The summed E-state index contributed by atoms with van der Waals surface area (Å²) in [6.45, 7) is 6.65. The highest BCUT2D eigenvalue weighted by molar-refractivity contribution is 7.10. The van der Waals surface area contributed by atoms with Gasteiger partial charge in [-0.2, -0.15) is 0 Å². The fourth-order valence-electron chi connectivity index (χ4n) is 2.12. The fraction of sp³-hybridized carbons (Fsp3) is 0.643. The maximum atomic E-state index is 12.1. The Morgan fingerprint density at radius 3 is 3.11 bits per heavy atom. The van der Waals surface area contributed by atoms with Crippen LogP contribution in [0.3, 0.4) is 0 Å². The predicted molar refractivity (Wildman–Crippen MR) is 77.4 cm³/mol. The van der Waals surface area contributed by atoms with Crippen LogP contribution in [0.1, 0.15) is 24.3 Å². The van der Waals surface area contributed by atoms with Crippen molar-refractivity contribution in [2.75, 3.05) is 26.7 Å². The van der Waals surface area contributed by atoms with Crippen LogP contribution in [0.5, 0.6) is 0 Å². The fourth-order valence-corrected chi connectivity index (χ4v) is 3.01. The van der Waals surface area contributed by atoms with Gasteiger partial charge in [0.2, 0.25) is 5.91 Å². The number of rotatable bonds is 5. The van der Waals surface area contributed by atoms with Gasteiger partial charge in [0.25, 0.3) is 0 Å². The van der Waals surface area contributed by atoms with E-state index in [1.165, 1.54) is 10.4 Å². The van der Waals surface area contributed by atoms with E-state index < -0.39 is 0 Å². The first-order valence-electron chi connectivity index (χ1n) is 6.61. The Hall–Kier alpha value is -0.910. The average Bonchev–Trinajstić information content (AvgIpc) is 2.85. The standard InChI is InChI=1S/C14H22N2O2S/c1-14(2,18-3)10-15-8-13(17)16-6-4-12-11(9-16)5-7-19-12/h5,7,15H,4,6,8-10H2,1-3H3. The highest BCUT2D eigenvalue weighted by Gasteiger charge is 2.22. The maximum Gasteiger partial charge on any atom is 0.236 e. The van der Waals surface area contributed by atoms with Gasteiger partial charge in [-0.25, -0.2) is 0 Å². The monoisotopic (exact) mass is 282 g/mol. The number of ether oxygens (including phenoxy) is 1. The highest BCUT2D eigenvalue weighted by atomic mass is 32.1. The molecule has 0 spiro atoms. The molecular formula is C14H22N2O2S. The molecule has 1 amide bonds. The number of thiophene rings is 1. The summed E-state index contributed by atoms with van der Waals surface area (Å²) in [5, 5.41) is 5.29. The Morgan fingerprint density at radius 2 is 2.37 bits per heavy atom. The van der Waals surface area contributed by atoms with Crippen LogP contribution in [0.15, 0.2) is 11.4 Å². The molecule has 5 heteroatoms. The molecule has 1 aromatic heterocycles. The van der Waals surface area contributed by atoms with Gasteiger partial charge in [-0.1, -0.05) is 0 Å². The number of hydrogen-bond acceptors (Lipinski definition) is 4. The predicted octanol–water partition coefficient (Wildman–Crippen LogP) is 1.65. The summed E-state index contributed by atoms with van der Waals surface area (Å²) in [6.07, 6.45) is 0.988. The minimum atomic E-state index is -0.233. The van der Waals surface area contributed by atoms with E-state index in [-0.39, 0.29) is 11.5 Å². The van der Waals surface area contributed by atoms with Gasteiger partial charge in [-0.3, -0.25) is 4.79 Å². The Balaban J connectivity index is 1.79. The van der Waals surface area contributed by atoms with Crippen molar-refractivity contribution in [2.45, 2.75) is 32.4 Å². The molecule has 0 atom stereocenters. The third-order valence-electron chi connectivity index (χ3n) is 3.54. The lowest BCUT2D eigenvalue weighted by Crippen LogP contribution is -2.44. The number of nitrogens with zero attached hydrogens (tertiary/aromatic N) is 1. The number of hydrogen-bond donors (Lipinski definition) is 1. The van der Waals surface area contributed by atoms with Crippen molar-refractivity contribution < 1.29 is 9.53 Å². The van der Waals surface area contributed by atoms with Crippen molar-refractivity contribution in [1.82, 2.24) is 10.2 Å². The molecule has 0 unspecified atom stereocenters. The van der Waals surface area contributed by atoms with E-state index in [9.17, 15) is 4.79 Å². The van der Waals surface area contributed by atoms with Gasteiger partial charge in [0.05, 0.1) is 12.1 Å². The number of fused-ring (bicyclic) bond motifs is 1. The Kier molecular flexibility index (Phi) is 4.60. The normalized spacial score (nSPS) is 15.4. The lowest BCUT2D eigenvalue weighted by atomic mass is 10.1. The number of nitrogens with one attached hydrogen (secondary N) is 1. The summed E-state index contributed by atoms with van der Waals surface area (Å²) in [7, 11) is 1.69. The van der Waals surface area contributed by atoms with Gasteiger partial charge in [0.1, 0.15) is 0 Å². The van der Waals surface area contributed by atoms with Crippen molar-refractivity contribution in [3.8, 4) is 0 Å².